The van der Waals surface area contributed by atoms with Gasteiger partial charge in [0.05, 0.1) is 11.1 Å². The van der Waals surface area contributed by atoms with Crippen molar-refractivity contribution in [3.8, 4) is 5.75 Å². The van der Waals surface area contributed by atoms with Gasteiger partial charge >= 0.3 is 0 Å². The zero-order valence-electron chi connectivity index (χ0n) is 7.09. The van der Waals surface area contributed by atoms with Crippen LogP contribution in [0.15, 0.2) is 22.7 Å². The molecule has 1 aromatic carbocycles. The van der Waals surface area contributed by atoms with Crippen LogP contribution < -0.4 is 10.5 Å². The Morgan fingerprint density at radius 1 is 1.46 bits per heavy atom. The monoisotopic (exact) mass is 247 g/mol. The lowest BCUT2D eigenvalue weighted by Crippen LogP contribution is -2.06. The predicted octanol–water partition coefficient (Wildman–Crippen LogP) is 2.32. The lowest BCUT2D eigenvalue weighted by atomic mass is 10.3. The summed E-state index contributed by atoms with van der Waals surface area (Å²) in [5.74, 6) is 0.222. The third kappa shape index (κ3) is 3.32. The summed E-state index contributed by atoms with van der Waals surface area (Å²) >= 11 is 3.06. The third-order valence-electron chi connectivity index (χ3n) is 1.51. The molecule has 0 saturated carbocycles. The fourth-order valence-electron chi connectivity index (χ4n) is 0.840. The largest absolute Gasteiger partial charge is 0.493 e. The highest BCUT2D eigenvalue weighted by Gasteiger charge is 2.00. The molecule has 4 heteroatoms. The molecule has 0 fully saturated rings. The van der Waals surface area contributed by atoms with Crippen LogP contribution in [-0.4, -0.2) is 13.2 Å². The number of nitrogens with two attached hydrogens (primary N) is 1. The SMILES string of the molecule is NCCCOc1ccc(Br)c(F)c1. The lowest BCUT2D eigenvalue weighted by molar-refractivity contribution is 0.311. The molecule has 0 heterocycles. The molecule has 0 saturated heterocycles. The van der Waals surface area contributed by atoms with Crippen LogP contribution in [0.5, 0.6) is 5.75 Å². The van der Waals surface area contributed by atoms with Crippen LogP contribution in [0.2, 0.25) is 0 Å². The highest BCUT2D eigenvalue weighted by Crippen LogP contribution is 2.20. The van der Waals surface area contributed by atoms with E-state index in [0.29, 0.717) is 23.4 Å². The fourth-order valence-corrected chi connectivity index (χ4v) is 1.09. The van der Waals surface area contributed by atoms with Crippen molar-refractivity contribution in [1.29, 1.82) is 0 Å². The topological polar surface area (TPSA) is 35.2 Å². The van der Waals surface area contributed by atoms with E-state index >= 15 is 0 Å². The summed E-state index contributed by atoms with van der Waals surface area (Å²) in [6, 6.07) is 4.68. The van der Waals surface area contributed by atoms with E-state index in [9.17, 15) is 4.39 Å². The molecule has 0 unspecified atom stereocenters. The molecule has 1 rings (SSSR count). The first-order chi connectivity index (χ1) is 6.24. The van der Waals surface area contributed by atoms with E-state index in [4.69, 9.17) is 10.5 Å². The Labute approximate surface area is 85.0 Å². The van der Waals surface area contributed by atoms with Crippen LogP contribution >= 0.6 is 15.9 Å². The van der Waals surface area contributed by atoms with Crippen LogP contribution in [0.3, 0.4) is 0 Å². The molecule has 0 aliphatic heterocycles. The Morgan fingerprint density at radius 2 is 2.23 bits per heavy atom. The minimum Gasteiger partial charge on any atom is -0.493 e. The zero-order chi connectivity index (χ0) is 9.68. The first-order valence-electron chi connectivity index (χ1n) is 4.02. The van der Waals surface area contributed by atoms with Gasteiger partial charge in [-0.3, -0.25) is 0 Å². The molecule has 0 aliphatic carbocycles. The second-order valence-electron chi connectivity index (χ2n) is 2.57. The lowest BCUT2D eigenvalue weighted by Gasteiger charge is -2.05. The van der Waals surface area contributed by atoms with Gasteiger partial charge in [-0.2, -0.15) is 0 Å². The van der Waals surface area contributed by atoms with Gasteiger partial charge in [-0.15, -0.1) is 0 Å². The predicted molar refractivity (Wildman–Crippen MR) is 53.3 cm³/mol. The number of ether oxygens (including phenoxy) is 1. The molecule has 0 spiro atoms. The Balaban J connectivity index is 2.53. The molecule has 0 amide bonds. The molecular weight excluding hydrogens is 237 g/mol. The van der Waals surface area contributed by atoms with E-state index in [-0.39, 0.29) is 5.82 Å². The Bertz CT molecular complexity index is 280. The number of hydrogen-bond acceptors (Lipinski definition) is 2. The van der Waals surface area contributed by atoms with E-state index in [1.54, 1.807) is 12.1 Å². The quantitative estimate of drug-likeness (QED) is 0.830. The van der Waals surface area contributed by atoms with Crippen LogP contribution in [-0.2, 0) is 0 Å². The summed E-state index contributed by atoms with van der Waals surface area (Å²) in [6.07, 6.45) is 0.775. The van der Waals surface area contributed by atoms with Crippen molar-refractivity contribution >= 4 is 15.9 Å². The van der Waals surface area contributed by atoms with Gasteiger partial charge < -0.3 is 10.5 Å². The molecular formula is C9H11BrFNO. The van der Waals surface area contributed by atoms with Crippen molar-refractivity contribution in [3.63, 3.8) is 0 Å². The maximum Gasteiger partial charge on any atom is 0.141 e. The van der Waals surface area contributed by atoms with Gasteiger partial charge in [0.15, 0.2) is 0 Å². The minimum atomic E-state index is -0.315. The maximum absolute atomic E-state index is 12.9. The Hall–Kier alpha value is -0.610. The average Bonchev–Trinajstić information content (AvgIpc) is 2.12. The van der Waals surface area contributed by atoms with Gasteiger partial charge in [0, 0.05) is 6.07 Å². The van der Waals surface area contributed by atoms with Crippen molar-refractivity contribution < 1.29 is 9.13 Å². The molecule has 0 atom stereocenters. The molecule has 72 valence electrons. The zero-order valence-corrected chi connectivity index (χ0v) is 8.68. The number of halogens is 2. The van der Waals surface area contributed by atoms with Crippen molar-refractivity contribution in [3.05, 3.63) is 28.5 Å². The first-order valence-corrected chi connectivity index (χ1v) is 4.81. The summed E-state index contributed by atoms with van der Waals surface area (Å²) in [6.45, 7) is 1.11. The smallest absolute Gasteiger partial charge is 0.141 e. The van der Waals surface area contributed by atoms with Crippen molar-refractivity contribution in [2.75, 3.05) is 13.2 Å². The summed E-state index contributed by atoms with van der Waals surface area (Å²) in [4.78, 5) is 0. The van der Waals surface area contributed by atoms with Gasteiger partial charge in [-0.1, -0.05) is 0 Å². The van der Waals surface area contributed by atoms with E-state index in [2.05, 4.69) is 15.9 Å². The molecule has 1 aromatic rings. The highest BCUT2D eigenvalue weighted by molar-refractivity contribution is 9.10. The van der Waals surface area contributed by atoms with Gasteiger partial charge in [0.25, 0.3) is 0 Å². The van der Waals surface area contributed by atoms with Crippen molar-refractivity contribution in [2.24, 2.45) is 5.73 Å². The van der Waals surface area contributed by atoms with E-state index in [0.717, 1.165) is 6.42 Å². The van der Waals surface area contributed by atoms with Crippen LogP contribution in [0.4, 0.5) is 4.39 Å². The molecule has 0 radical (unpaired) electrons. The van der Waals surface area contributed by atoms with E-state index in [1.807, 2.05) is 0 Å². The first kappa shape index (κ1) is 10.5. The molecule has 2 nitrogen and oxygen atoms in total. The minimum absolute atomic E-state index is 0.315. The van der Waals surface area contributed by atoms with Gasteiger partial charge in [-0.05, 0) is 41.0 Å². The molecule has 13 heavy (non-hydrogen) atoms. The van der Waals surface area contributed by atoms with Crippen molar-refractivity contribution in [2.45, 2.75) is 6.42 Å². The Morgan fingerprint density at radius 3 is 2.85 bits per heavy atom. The standard InChI is InChI=1S/C9H11BrFNO/c10-8-3-2-7(6-9(8)11)13-5-1-4-12/h2-3,6H,1,4-5,12H2. The van der Waals surface area contributed by atoms with Crippen LogP contribution in [0, 0.1) is 5.82 Å². The molecule has 2 N–H and O–H groups in total. The average molecular weight is 248 g/mol. The van der Waals surface area contributed by atoms with Gasteiger partial charge in [0.1, 0.15) is 11.6 Å². The number of hydrogen-bond donors (Lipinski definition) is 1. The third-order valence-corrected chi connectivity index (χ3v) is 2.15. The van der Waals surface area contributed by atoms with Crippen molar-refractivity contribution in [1.82, 2.24) is 0 Å². The van der Waals surface area contributed by atoms with E-state index < -0.39 is 0 Å². The molecule has 0 aromatic heterocycles. The van der Waals surface area contributed by atoms with Gasteiger partial charge in [0.2, 0.25) is 0 Å². The second-order valence-corrected chi connectivity index (χ2v) is 3.42. The summed E-state index contributed by atoms with van der Waals surface area (Å²) < 4.78 is 18.6. The van der Waals surface area contributed by atoms with Crippen LogP contribution in [0.25, 0.3) is 0 Å². The normalized spacial score (nSPS) is 10.1. The number of benzene rings is 1. The van der Waals surface area contributed by atoms with E-state index in [1.165, 1.54) is 6.07 Å². The fraction of sp³-hybridized carbons (Fsp3) is 0.333. The summed E-state index contributed by atoms with van der Waals surface area (Å²) in [5, 5.41) is 0. The summed E-state index contributed by atoms with van der Waals surface area (Å²) in [7, 11) is 0. The maximum atomic E-state index is 12.9. The Kier molecular flexibility index (Phi) is 4.18. The van der Waals surface area contributed by atoms with Gasteiger partial charge in [-0.25, -0.2) is 4.39 Å². The summed E-state index contributed by atoms with van der Waals surface area (Å²) in [5.41, 5.74) is 5.29. The molecule has 0 bridgehead atoms. The van der Waals surface area contributed by atoms with Crippen LogP contribution in [0.1, 0.15) is 6.42 Å². The number of rotatable bonds is 4. The highest BCUT2D eigenvalue weighted by atomic mass is 79.9. The second kappa shape index (κ2) is 5.19. The molecule has 0 aliphatic rings.